The molecule has 1 amide bonds. The molecule has 0 aliphatic heterocycles. The Hall–Kier alpha value is -1.54. The molecule has 4 N–H and O–H groups in total. The predicted molar refractivity (Wildman–Crippen MR) is 107 cm³/mol. The van der Waals surface area contributed by atoms with Gasteiger partial charge in [-0.1, -0.05) is 12.1 Å². The van der Waals surface area contributed by atoms with Crippen LogP contribution in [-0.2, 0) is 20.7 Å². The van der Waals surface area contributed by atoms with E-state index in [0.29, 0.717) is 24.8 Å². The molecule has 27 heavy (non-hydrogen) atoms. The van der Waals surface area contributed by atoms with Crippen LogP contribution >= 0.6 is 23.2 Å². The molecule has 0 unspecified atom stereocenters. The number of halogens is 2. The molecular formula is C18H27Cl2N3O4. The average molecular weight is 420 g/mol. The maximum Gasteiger partial charge on any atom is 0.328 e. The van der Waals surface area contributed by atoms with Crippen LogP contribution in [0.25, 0.3) is 0 Å². The number of alkyl halides is 2. The number of aliphatic hydroxyl groups excluding tert-OH is 1. The van der Waals surface area contributed by atoms with Crippen LogP contribution in [-0.4, -0.2) is 67.1 Å². The van der Waals surface area contributed by atoms with Crippen molar-refractivity contribution < 1.29 is 19.4 Å². The minimum atomic E-state index is -1.09. The van der Waals surface area contributed by atoms with Crippen LogP contribution in [0.4, 0.5) is 5.69 Å². The van der Waals surface area contributed by atoms with E-state index in [1.165, 1.54) is 0 Å². The quantitative estimate of drug-likeness (QED) is 0.343. The highest BCUT2D eigenvalue weighted by molar-refractivity contribution is 6.18. The number of nitrogens with one attached hydrogen (secondary N) is 1. The Morgan fingerprint density at radius 3 is 2.30 bits per heavy atom. The fraction of sp³-hybridized carbons (Fsp3) is 0.556. The highest BCUT2D eigenvalue weighted by Gasteiger charge is 2.25. The van der Waals surface area contributed by atoms with Gasteiger partial charge in [0.1, 0.15) is 12.1 Å². The van der Waals surface area contributed by atoms with Crippen LogP contribution in [0.5, 0.6) is 0 Å². The molecule has 0 spiro atoms. The molecule has 0 fully saturated rings. The normalized spacial score (nSPS) is 12.9. The first-order valence-electron chi connectivity index (χ1n) is 8.76. The van der Waals surface area contributed by atoms with Crippen LogP contribution in [0.15, 0.2) is 24.3 Å². The highest BCUT2D eigenvalue weighted by Crippen LogP contribution is 2.17. The van der Waals surface area contributed by atoms with E-state index in [-0.39, 0.29) is 13.0 Å². The molecule has 0 aliphatic carbocycles. The van der Waals surface area contributed by atoms with Crippen LogP contribution < -0.4 is 16.0 Å². The van der Waals surface area contributed by atoms with Gasteiger partial charge < -0.3 is 25.8 Å². The number of hydrogen-bond donors (Lipinski definition) is 3. The average Bonchev–Trinajstić information content (AvgIpc) is 2.67. The molecular weight excluding hydrogens is 393 g/mol. The minimum absolute atomic E-state index is 0.196. The van der Waals surface area contributed by atoms with E-state index in [1.54, 1.807) is 6.92 Å². The van der Waals surface area contributed by atoms with Gasteiger partial charge in [0.25, 0.3) is 0 Å². The zero-order valence-electron chi connectivity index (χ0n) is 15.4. The number of anilines is 1. The topological polar surface area (TPSA) is 105 Å². The number of aliphatic hydroxyl groups is 1. The Morgan fingerprint density at radius 2 is 1.81 bits per heavy atom. The number of ether oxygens (including phenoxy) is 1. The van der Waals surface area contributed by atoms with Gasteiger partial charge in [0.15, 0.2) is 0 Å². The summed E-state index contributed by atoms with van der Waals surface area (Å²) in [4.78, 5) is 26.2. The third kappa shape index (κ3) is 7.92. The Morgan fingerprint density at radius 1 is 1.22 bits per heavy atom. The van der Waals surface area contributed by atoms with Gasteiger partial charge in [-0.2, -0.15) is 0 Å². The first kappa shape index (κ1) is 23.5. The zero-order chi connectivity index (χ0) is 20.2. The van der Waals surface area contributed by atoms with Crippen molar-refractivity contribution in [2.75, 3.05) is 43.0 Å². The summed E-state index contributed by atoms with van der Waals surface area (Å²) >= 11 is 11.7. The highest BCUT2D eigenvalue weighted by atomic mass is 35.5. The first-order chi connectivity index (χ1) is 13.0. The van der Waals surface area contributed by atoms with Crippen molar-refractivity contribution in [2.45, 2.75) is 25.4 Å². The summed E-state index contributed by atoms with van der Waals surface area (Å²) in [6.45, 7) is 2.73. The summed E-state index contributed by atoms with van der Waals surface area (Å²) in [7, 11) is 0. The van der Waals surface area contributed by atoms with Gasteiger partial charge in [-0.15, -0.1) is 23.2 Å². The van der Waals surface area contributed by atoms with Crippen molar-refractivity contribution in [2.24, 2.45) is 5.73 Å². The standard InChI is InChI=1S/C18H27Cl2N3O4/c1-2-27-18(26)16(22-17(25)15(21)12-24)11-13-3-5-14(6-4-13)23(9-7-19)10-8-20/h3-6,15-16,24H,2,7-12,21H2,1H3,(H,22,25)/t15-,16-/m1/s1. The fourth-order valence-corrected chi connectivity index (χ4v) is 2.86. The maximum absolute atomic E-state index is 12.2. The van der Waals surface area contributed by atoms with E-state index in [4.69, 9.17) is 38.8 Å². The van der Waals surface area contributed by atoms with Gasteiger partial charge in [-0.05, 0) is 24.6 Å². The van der Waals surface area contributed by atoms with Crippen molar-refractivity contribution in [1.82, 2.24) is 5.32 Å². The molecule has 0 aliphatic rings. The van der Waals surface area contributed by atoms with Crippen LogP contribution in [0.3, 0.4) is 0 Å². The van der Waals surface area contributed by atoms with E-state index in [2.05, 4.69) is 10.2 Å². The number of amides is 1. The number of benzene rings is 1. The van der Waals surface area contributed by atoms with Gasteiger partial charge in [0.05, 0.1) is 13.2 Å². The van der Waals surface area contributed by atoms with Crippen LogP contribution in [0, 0.1) is 0 Å². The van der Waals surface area contributed by atoms with E-state index < -0.39 is 30.6 Å². The molecule has 0 radical (unpaired) electrons. The SMILES string of the molecule is CCOC(=O)[C@@H](Cc1ccc(N(CCCl)CCCl)cc1)NC(=O)[C@H](N)CO. The summed E-state index contributed by atoms with van der Waals surface area (Å²) in [6.07, 6.45) is 0.244. The zero-order valence-corrected chi connectivity index (χ0v) is 16.9. The molecule has 0 heterocycles. The Balaban J connectivity index is 2.87. The number of carbonyl (C=O) groups excluding carboxylic acids is 2. The summed E-state index contributed by atoms with van der Waals surface area (Å²) in [6, 6.07) is 5.59. The van der Waals surface area contributed by atoms with E-state index >= 15 is 0 Å². The molecule has 0 saturated heterocycles. The molecule has 1 aromatic rings. The van der Waals surface area contributed by atoms with Gasteiger partial charge in [0.2, 0.25) is 5.91 Å². The molecule has 152 valence electrons. The molecule has 9 heteroatoms. The van der Waals surface area contributed by atoms with E-state index in [0.717, 1.165) is 11.3 Å². The summed E-state index contributed by atoms with van der Waals surface area (Å²) in [5, 5.41) is 11.5. The molecule has 0 aromatic heterocycles. The second-order valence-corrected chi connectivity index (χ2v) is 6.59. The Labute approximate surface area is 169 Å². The molecule has 1 rings (SSSR count). The van der Waals surface area contributed by atoms with Gasteiger partial charge in [-0.3, -0.25) is 4.79 Å². The number of nitrogens with zero attached hydrogens (tertiary/aromatic N) is 1. The molecule has 2 atom stereocenters. The molecule has 7 nitrogen and oxygen atoms in total. The van der Waals surface area contributed by atoms with Crippen LogP contribution in [0.1, 0.15) is 12.5 Å². The van der Waals surface area contributed by atoms with Crippen molar-refractivity contribution >= 4 is 40.8 Å². The van der Waals surface area contributed by atoms with Crippen molar-refractivity contribution in [3.05, 3.63) is 29.8 Å². The Kier molecular flexibility index (Phi) is 11.1. The van der Waals surface area contributed by atoms with Gasteiger partial charge in [-0.25, -0.2) is 4.79 Å². The number of rotatable bonds is 12. The predicted octanol–water partition coefficient (Wildman–Crippen LogP) is 0.881. The lowest BCUT2D eigenvalue weighted by Gasteiger charge is -2.23. The number of nitrogens with two attached hydrogens (primary N) is 1. The summed E-state index contributed by atoms with van der Waals surface area (Å²) < 4.78 is 5.02. The van der Waals surface area contributed by atoms with Gasteiger partial charge in [0, 0.05) is 37.0 Å². The second-order valence-electron chi connectivity index (χ2n) is 5.84. The van der Waals surface area contributed by atoms with Gasteiger partial charge >= 0.3 is 5.97 Å². The Bertz CT molecular complexity index is 580. The largest absolute Gasteiger partial charge is 0.464 e. The monoisotopic (exact) mass is 419 g/mol. The summed E-state index contributed by atoms with van der Waals surface area (Å²) in [5.41, 5.74) is 7.31. The lowest BCUT2D eigenvalue weighted by molar-refractivity contribution is -0.147. The number of esters is 1. The first-order valence-corrected chi connectivity index (χ1v) is 9.82. The lowest BCUT2D eigenvalue weighted by atomic mass is 10.0. The second kappa shape index (κ2) is 12.8. The third-order valence-electron chi connectivity index (χ3n) is 3.87. The van der Waals surface area contributed by atoms with Crippen LogP contribution in [0.2, 0.25) is 0 Å². The molecule has 1 aromatic carbocycles. The maximum atomic E-state index is 12.2. The minimum Gasteiger partial charge on any atom is -0.464 e. The molecule has 0 bridgehead atoms. The van der Waals surface area contributed by atoms with Crippen molar-refractivity contribution in [3.63, 3.8) is 0 Å². The number of carbonyl (C=O) groups is 2. The van der Waals surface area contributed by atoms with E-state index in [1.807, 2.05) is 24.3 Å². The smallest absolute Gasteiger partial charge is 0.328 e. The third-order valence-corrected chi connectivity index (χ3v) is 4.21. The van der Waals surface area contributed by atoms with E-state index in [9.17, 15) is 9.59 Å². The lowest BCUT2D eigenvalue weighted by Crippen LogP contribution is -2.51. The van der Waals surface area contributed by atoms with Crippen molar-refractivity contribution in [1.29, 1.82) is 0 Å². The van der Waals surface area contributed by atoms with Crippen molar-refractivity contribution in [3.8, 4) is 0 Å². The fourth-order valence-electron chi connectivity index (χ4n) is 2.45. The summed E-state index contributed by atoms with van der Waals surface area (Å²) in [5.74, 6) is -0.185. The number of hydrogen-bond acceptors (Lipinski definition) is 6. The molecule has 0 saturated carbocycles.